The molecule has 0 N–H and O–H groups in total. The summed E-state index contributed by atoms with van der Waals surface area (Å²) in [5.41, 5.74) is 1.77. The summed E-state index contributed by atoms with van der Waals surface area (Å²) < 4.78 is 11.5. The summed E-state index contributed by atoms with van der Waals surface area (Å²) in [4.78, 5) is 9.33. The lowest BCUT2D eigenvalue weighted by Crippen LogP contribution is -2.47. The molecule has 0 amide bonds. The second-order valence-corrected chi connectivity index (χ2v) is 8.64. The number of nitrogens with zero attached hydrogens (tertiary/aromatic N) is 6. The summed E-state index contributed by atoms with van der Waals surface area (Å²) in [5.74, 6) is 2.35. The molecule has 170 valence electrons. The normalized spacial score (nSPS) is 17.2. The quantitative estimate of drug-likeness (QED) is 0.399. The van der Waals surface area contributed by atoms with Gasteiger partial charge in [0.1, 0.15) is 0 Å². The predicted octanol–water partition coefficient (Wildman–Crippen LogP) is 4.88. The molecule has 5 rings (SSSR count). The molecule has 0 saturated carbocycles. The van der Waals surface area contributed by atoms with Crippen molar-refractivity contribution in [2.75, 3.05) is 26.2 Å². The van der Waals surface area contributed by atoms with Crippen molar-refractivity contribution in [1.82, 2.24) is 30.1 Å². The highest BCUT2D eigenvalue weighted by molar-refractivity contribution is 6.30. The Balaban J connectivity index is 1.20. The Kier molecular flexibility index (Phi) is 6.22. The van der Waals surface area contributed by atoms with E-state index in [0.717, 1.165) is 37.3 Å². The Hall–Kier alpha value is -3.07. The van der Waals surface area contributed by atoms with Gasteiger partial charge in [0.25, 0.3) is 0 Å². The zero-order valence-corrected chi connectivity index (χ0v) is 19.3. The first kappa shape index (κ1) is 21.8. The number of hydrogen-bond acceptors (Lipinski definition) is 8. The third-order valence-corrected chi connectivity index (χ3v) is 6.38. The molecule has 2 atom stereocenters. The molecule has 1 aliphatic heterocycles. The van der Waals surface area contributed by atoms with Crippen LogP contribution < -0.4 is 0 Å². The third-order valence-electron chi connectivity index (χ3n) is 6.14. The molecule has 2 aromatic heterocycles. The van der Waals surface area contributed by atoms with Crippen LogP contribution in [-0.4, -0.2) is 56.3 Å². The van der Waals surface area contributed by atoms with Crippen LogP contribution in [0.3, 0.4) is 0 Å². The number of halogens is 1. The molecule has 2 aromatic carbocycles. The second kappa shape index (κ2) is 9.43. The minimum absolute atomic E-state index is 0.0241. The van der Waals surface area contributed by atoms with Crippen LogP contribution in [0.15, 0.2) is 63.5 Å². The molecule has 0 spiro atoms. The SMILES string of the molecule is CC(c1nc(-c2ccccc2)no1)N1CCN(C(C)c2nnc(-c3cccc(Cl)c3)o2)CC1. The standard InChI is InChI=1S/C24H25ClN6O2/c1-16(22-26-21(29-33-22)18-7-4-3-5-8-18)30-11-13-31(14-12-30)17(2)23-27-28-24(32-23)19-9-6-10-20(25)15-19/h3-10,15-17H,11-14H2,1-2H3. The molecule has 2 unspecified atom stereocenters. The Morgan fingerprint density at radius 2 is 1.48 bits per heavy atom. The lowest BCUT2D eigenvalue weighted by atomic mass is 10.2. The van der Waals surface area contributed by atoms with E-state index in [1.807, 2.05) is 54.6 Å². The van der Waals surface area contributed by atoms with Gasteiger partial charge in [0, 0.05) is 42.3 Å². The Labute approximate surface area is 197 Å². The van der Waals surface area contributed by atoms with Gasteiger partial charge < -0.3 is 8.94 Å². The molecule has 33 heavy (non-hydrogen) atoms. The van der Waals surface area contributed by atoms with Crippen LogP contribution in [0.1, 0.15) is 37.7 Å². The molecular formula is C24H25ClN6O2. The van der Waals surface area contributed by atoms with Crippen LogP contribution >= 0.6 is 11.6 Å². The van der Waals surface area contributed by atoms with Gasteiger partial charge in [0.05, 0.1) is 12.1 Å². The zero-order chi connectivity index (χ0) is 22.8. The highest BCUT2D eigenvalue weighted by atomic mass is 35.5. The highest BCUT2D eigenvalue weighted by Crippen LogP contribution is 2.28. The van der Waals surface area contributed by atoms with Gasteiger partial charge in [0.2, 0.25) is 23.5 Å². The number of rotatable bonds is 6. The smallest absolute Gasteiger partial charge is 0.247 e. The largest absolute Gasteiger partial charge is 0.419 e. The van der Waals surface area contributed by atoms with E-state index < -0.39 is 0 Å². The van der Waals surface area contributed by atoms with Gasteiger partial charge >= 0.3 is 0 Å². The van der Waals surface area contributed by atoms with Gasteiger partial charge in [0.15, 0.2) is 0 Å². The van der Waals surface area contributed by atoms with Gasteiger partial charge in [-0.1, -0.05) is 53.2 Å². The van der Waals surface area contributed by atoms with E-state index in [1.165, 1.54) is 0 Å². The van der Waals surface area contributed by atoms with Crippen molar-refractivity contribution in [2.24, 2.45) is 0 Å². The molecule has 4 aromatic rings. The molecule has 3 heterocycles. The van der Waals surface area contributed by atoms with Gasteiger partial charge in [-0.05, 0) is 32.0 Å². The van der Waals surface area contributed by atoms with E-state index in [0.29, 0.717) is 28.5 Å². The Morgan fingerprint density at radius 1 is 0.818 bits per heavy atom. The molecule has 8 nitrogen and oxygen atoms in total. The summed E-state index contributed by atoms with van der Waals surface area (Å²) >= 11 is 6.08. The van der Waals surface area contributed by atoms with Crippen LogP contribution in [0, 0.1) is 0 Å². The van der Waals surface area contributed by atoms with E-state index in [2.05, 4.69) is 44.0 Å². The summed E-state index contributed by atoms with van der Waals surface area (Å²) in [6.45, 7) is 7.71. The van der Waals surface area contributed by atoms with Crippen molar-refractivity contribution in [3.8, 4) is 22.8 Å². The summed E-state index contributed by atoms with van der Waals surface area (Å²) in [6.07, 6.45) is 0. The number of benzene rings is 2. The Bertz CT molecular complexity index is 1200. The van der Waals surface area contributed by atoms with Crippen molar-refractivity contribution >= 4 is 11.6 Å². The van der Waals surface area contributed by atoms with E-state index >= 15 is 0 Å². The van der Waals surface area contributed by atoms with Gasteiger partial charge in [-0.25, -0.2) is 0 Å². The number of hydrogen-bond donors (Lipinski definition) is 0. The van der Waals surface area contributed by atoms with Crippen LogP contribution in [0.5, 0.6) is 0 Å². The average molecular weight is 465 g/mol. The van der Waals surface area contributed by atoms with Crippen molar-refractivity contribution in [3.05, 3.63) is 71.4 Å². The Morgan fingerprint density at radius 3 is 2.18 bits per heavy atom. The lowest BCUT2D eigenvalue weighted by molar-refractivity contribution is 0.0607. The van der Waals surface area contributed by atoms with E-state index in [-0.39, 0.29) is 12.1 Å². The summed E-state index contributed by atoms with van der Waals surface area (Å²) in [7, 11) is 0. The second-order valence-electron chi connectivity index (χ2n) is 8.20. The van der Waals surface area contributed by atoms with Crippen LogP contribution in [0.2, 0.25) is 5.02 Å². The predicted molar refractivity (Wildman–Crippen MR) is 124 cm³/mol. The van der Waals surface area contributed by atoms with Crippen molar-refractivity contribution in [1.29, 1.82) is 0 Å². The topological polar surface area (TPSA) is 84.3 Å². The van der Waals surface area contributed by atoms with Gasteiger partial charge in [-0.3, -0.25) is 9.80 Å². The van der Waals surface area contributed by atoms with E-state index in [4.69, 9.17) is 20.5 Å². The lowest BCUT2D eigenvalue weighted by Gasteiger charge is -2.38. The zero-order valence-electron chi connectivity index (χ0n) is 18.6. The van der Waals surface area contributed by atoms with E-state index in [9.17, 15) is 0 Å². The molecule has 0 bridgehead atoms. The first-order chi connectivity index (χ1) is 16.1. The minimum Gasteiger partial charge on any atom is -0.419 e. The minimum atomic E-state index is 0.0241. The molecule has 0 radical (unpaired) electrons. The number of piperazine rings is 1. The van der Waals surface area contributed by atoms with Crippen LogP contribution in [-0.2, 0) is 0 Å². The average Bonchev–Trinajstić information content (AvgIpc) is 3.54. The summed E-state index contributed by atoms with van der Waals surface area (Å²) in [6, 6.07) is 17.4. The highest BCUT2D eigenvalue weighted by Gasteiger charge is 2.30. The maximum Gasteiger partial charge on any atom is 0.247 e. The molecule has 1 fully saturated rings. The first-order valence-corrected chi connectivity index (χ1v) is 11.4. The maximum absolute atomic E-state index is 6.08. The molecule has 0 aliphatic carbocycles. The fourth-order valence-electron chi connectivity index (χ4n) is 4.08. The fraction of sp³-hybridized carbons (Fsp3) is 0.333. The molecule has 1 saturated heterocycles. The monoisotopic (exact) mass is 464 g/mol. The van der Waals surface area contributed by atoms with Crippen molar-refractivity contribution in [3.63, 3.8) is 0 Å². The van der Waals surface area contributed by atoms with Gasteiger partial charge in [-0.15, -0.1) is 10.2 Å². The van der Waals surface area contributed by atoms with Crippen molar-refractivity contribution < 1.29 is 8.94 Å². The van der Waals surface area contributed by atoms with Gasteiger partial charge in [-0.2, -0.15) is 4.98 Å². The third kappa shape index (κ3) is 4.68. The fourth-order valence-corrected chi connectivity index (χ4v) is 4.27. The van der Waals surface area contributed by atoms with Crippen molar-refractivity contribution in [2.45, 2.75) is 25.9 Å². The van der Waals surface area contributed by atoms with Crippen LogP contribution in [0.25, 0.3) is 22.8 Å². The first-order valence-electron chi connectivity index (χ1n) is 11.0. The van der Waals surface area contributed by atoms with Crippen LogP contribution in [0.4, 0.5) is 0 Å². The molecule has 9 heteroatoms. The van der Waals surface area contributed by atoms with E-state index in [1.54, 1.807) is 0 Å². The molecular weight excluding hydrogens is 440 g/mol. The molecule has 1 aliphatic rings. The summed E-state index contributed by atoms with van der Waals surface area (Å²) in [5, 5.41) is 13.3. The number of aromatic nitrogens is 4. The maximum atomic E-state index is 6.08.